The number of hydrogen-bond donors (Lipinski definition) is 1. The van der Waals surface area contributed by atoms with Crippen molar-refractivity contribution in [2.75, 3.05) is 13.7 Å². The summed E-state index contributed by atoms with van der Waals surface area (Å²) < 4.78 is 22.7. The number of hydrogen-bond acceptors (Lipinski definition) is 7. The Hall–Kier alpha value is -3.96. The van der Waals surface area contributed by atoms with E-state index in [1.165, 1.54) is 7.11 Å². The van der Waals surface area contributed by atoms with Gasteiger partial charge in [-0.2, -0.15) is 5.26 Å². The third-order valence-electron chi connectivity index (χ3n) is 5.05. The molecular weight excluding hydrogens is 488 g/mol. The average Bonchev–Trinajstić information content (AvgIpc) is 2.82. The van der Waals surface area contributed by atoms with E-state index in [1.807, 2.05) is 24.3 Å². The summed E-state index contributed by atoms with van der Waals surface area (Å²) in [4.78, 5) is 12.3. The summed E-state index contributed by atoms with van der Waals surface area (Å²) in [5, 5.41) is 9.70. The maximum atomic E-state index is 12.3. The molecule has 0 aliphatic carbocycles. The van der Waals surface area contributed by atoms with Gasteiger partial charge in [0.1, 0.15) is 23.1 Å². The molecule has 0 fully saturated rings. The minimum atomic E-state index is -0.597. The lowest BCUT2D eigenvalue weighted by molar-refractivity contribution is -0.136. The first kappa shape index (κ1) is 22.2. The molecule has 1 atom stereocenters. The minimum Gasteiger partial charge on any atom is -0.493 e. The van der Waals surface area contributed by atoms with Crippen molar-refractivity contribution in [2.24, 2.45) is 5.73 Å². The van der Waals surface area contributed by atoms with Crippen LogP contribution in [0.4, 0.5) is 0 Å². The summed E-state index contributed by atoms with van der Waals surface area (Å²) in [6, 6.07) is 21.7. The van der Waals surface area contributed by atoms with Gasteiger partial charge in [0, 0.05) is 16.1 Å². The fraction of sp³-hybridized carbons (Fsp3) is 0.120. The van der Waals surface area contributed by atoms with Crippen molar-refractivity contribution >= 4 is 21.9 Å². The maximum Gasteiger partial charge on any atom is 0.349 e. The van der Waals surface area contributed by atoms with Gasteiger partial charge in [-0.25, -0.2) is 4.79 Å². The highest BCUT2D eigenvalue weighted by molar-refractivity contribution is 9.10. The number of benzene rings is 3. The molecule has 4 rings (SSSR count). The normalized spacial score (nSPS) is 14.5. The molecule has 0 bridgehead atoms. The standard InChI is InChI=1S/C25H19BrN2O5/c1-30-20-8-4-5-9-21(20)31-14-23(29)32-15-10-11-17-22(12-15)33-25(28)18(13-27)24(17)16-6-2-3-7-19(16)26/h2-12,24H,14,28H2,1H3. The second kappa shape index (κ2) is 9.67. The Morgan fingerprint density at radius 2 is 1.82 bits per heavy atom. The van der Waals surface area contributed by atoms with Gasteiger partial charge in [-0.15, -0.1) is 0 Å². The zero-order valence-corrected chi connectivity index (χ0v) is 19.2. The number of esters is 1. The van der Waals surface area contributed by atoms with E-state index < -0.39 is 11.9 Å². The van der Waals surface area contributed by atoms with Crippen molar-refractivity contribution in [3.8, 4) is 29.1 Å². The molecule has 0 radical (unpaired) electrons. The van der Waals surface area contributed by atoms with Crippen molar-refractivity contribution in [1.29, 1.82) is 5.26 Å². The number of rotatable bonds is 6. The van der Waals surface area contributed by atoms with E-state index >= 15 is 0 Å². The first-order valence-corrected chi connectivity index (χ1v) is 10.7. The topological polar surface area (TPSA) is 104 Å². The molecule has 1 aliphatic rings. The van der Waals surface area contributed by atoms with Crippen LogP contribution in [0.15, 0.2) is 82.7 Å². The van der Waals surface area contributed by atoms with Crippen LogP contribution in [0.25, 0.3) is 0 Å². The van der Waals surface area contributed by atoms with Crippen LogP contribution in [-0.4, -0.2) is 19.7 Å². The number of para-hydroxylation sites is 2. The van der Waals surface area contributed by atoms with Crippen LogP contribution in [0.2, 0.25) is 0 Å². The lowest BCUT2D eigenvalue weighted by Gasteiger charge is -2.27. The van der Waals surface area contributed by atoms with E-state index in [2.05, 4.69) is 22.0 Å². The molecule has 3 aromatic rings. The summed E-state index contributed by atoms with van der Waals surface area (Å²) in [6.07, 6.45) is 0. The van der Waals surface area contributed by atoms with Gasteiger partial charge in [0.05, 0.1) is 13.0 Å². The molecule has 0 amide bonds. The van der Waals surface area contributed by atoms with Crippen molar-refractivity contribution in [3.63, 3.8) is 0 Å². The van der Waals surface area contributed by atoms with Crippen LogP contribution < -0.4 is 24.7 Å². The summed E-state index contributed by atoms with van der Waals surface area (Å²) >= 11 is 3.55. The summed E-state index contributed by atoms with van der Waals surface area (Å²) in [6.45, 7) is -0.307. The minimum absolute atomic E-state index is 0.00809. The van der Waals surface area contributed by atoms with Gasteiger partial charge in [0.2, 0.25) is 5.88 Å². The number of nitrogens with two attached hydrogens (primary N) is 1. The quantitative estimate of drug-likeness (QED) is 0.382. The third kappa shape index (κ3) is 4.64. The number of nitrogens with zero attached hydrogens (tertiary/aromatic N) is 1. The summed E-state index contributed by atoms with van der Waals surface area (Å²) in [7, 11) is 1.52. The van der Waals surface area contributed by atoms with Gasteiger partial charge >= 0.3 is 5.97 Å². The number of ether oxygens (including phenoxy) is 4. The first-order chi connectivity index (χ1) is 16.0. The van der Waals surface area contributed by atoms with Gasteiger partial charge in [-0.3, -0.25) is 0 Å². The molecule has 0 spiro atoms. The maximum absolute atomic E-state index is 12.3. The fourth-order valence-corrected chi connectivity index (χ4v) is 4.08. The second-order valence-corrected chi connectivity index (χ2v) is 7.91. The van der Waals surface area contributed by atoms with E-state index in [0.29, 0.717) is 22.8 Å². The molecule has 166 valence electrons. The number of allylic oxidation sites excluding steroid dienone is 1. The van der Waals surface area contributed by atoms with Gasteiger partial charge in [0.25, 0.3) is 0 Å². The van der Waals surface area contributed by atoms with Crippen molar-refractivity contribution in [3.05, 3.63) is 93.8 Å². The lowest BCUT2D eigenvalue weighted by atomic mass is 9.83. The molecule has 0 aromatic heterocycles. The molecule has 1 aliphatic heterocycles. The van der Waals surface area contributed by atoms with Gasteiger partial charge < -0.3 is 24.7 Å². The molecule has 7 nitrogen and oxygen atoms in total. The second-order valence-electron chi connectivity index (χ2n) is 7.06. The number of halogens is 1. The summed E-state index contributed by atoms with van der Waals surface area (Å²) in [5.41, 5.74) is 7.97. The number of nitriles is 1. The molecule has 3 aromatic carbocycles. The molecule has 33 heavy (non-hydrogen) atoms. The molecular formula is C25H19BrN2O5. The SMILES string of the molecule is COc1ccccc1OCC(=O)Oc1ccc2c(c1)OC(N)=C(C#N)C2c1ccccc1Br. The lowest BCUT2D eigenvalue weighted by Crippen LogP contribution is -2.22. The van der Waals surface area contributed by atoms with E-state index in [-0.39, 0.29) is 18.2 Å². The van der Waals surface area contributed by atoms with Crippen molar-refractivity contribution in [2.45, 2.75) is 5.92 Å². The van der Waals surface area contributed by atoms with Crippen LogP contribution >= 0.6 is 15.9 Å². The molecule has 1 unspecified atom stereocenters. The van der Waals surface area contributed by atoms with E-state index in [0.717, 1.165) is 15.6 Å². The zero-order chi connectivity index (χ0) is 23.4. The smallest absolute Gasteiger partial charge is 0.349 e. The number of methoxy groups -OCH3 is 1. The van der Waals surface area contributed by atoms with Crippen LogP contribution in [-0.2, 0) is 4.79 Å². The predicted octanol–water partition coefficient (Wildman–Crippen LogP) is 4.66. The number of carbonyl (C=O) groups is 1. The number of fused-ring (bicyclic) bond motifs is 1. The van der Waals surface area contributed by atoms with Crippen LogP contribution in [0, 0.1) is 11.3 Å². The molecule has 2 N–H and O–H groups in total. The Kier molecular flexibility index (Phi) is 6.52. The van der Waals surface area contributed by atoms with E-state index in [9.17, 15) is 10.1 Å². The Balaban J connectivity index is 1.55. The highest BCUT2D eigenvalue weighted by Gasteiger charge is 2.32. The summed E-state index contributed by atoms with van der Waals surface area (Å²) in [5.74, 6) is 0.608. The largest absolute Gasteiger partial charge is 0.493 e. The molecule has 8 heteroatoms. The Bertz CT molecular complexity index is 1280. The monoisotopic (exact) mass is 506 g/mol. The first-order valence-electron chi connectivity index (χ1n) is 9.94. The Labute approximate surface area is 199 Å². The van der Waals surface area contributed by atoms with Gasteiger partial charge in [0.15, 0.2) is 18.1 Å². The molecule has 1 heterocycles. The fourth-order valence-electron chi connectivity index (χ4n) is 3.56. The van der Waals surface area contributed by atoms with Gasteiger partial charge in [-0.1, -0.05) is 52.3 Å². The van der Waals surface area contributed by atoms with Crippen molar-refractivity contribution < 1.29 is 23.7 Å². The van der Waals surface area contributed by atoms with Crippen LogP contribution in [0.3, 0.4) is 0 Å². The van der Waals surface area contributed by atoms with Crippen LogP contribution in [0.1, 0.15) is 17.0 Å². The van der Waals surface area contributed by atoms with E-state index in [4.69, 9.17) is 24.7 Å². The third-order valence-corrected chi connectivity index (χ3v) is 5.78. The molecule has 0 saturated heterocycles. The number of carbonyl (C=O) groups excluding carboxylic acids is 1. The zero-order valence-electron chi connectivity index (χ0n) is 17.6. The Morgan fingerprint density at radius 3 is 2.55 bits per heavy atom. The average molecular weight is 507 g/mol. The predicted molar refractivity (Wildman–Crippen MR) is 124 cm³/mol. The Morgan fingerprint density at radius 1 is 1.09 bits per heavy atom. The van der Waals surface area contributed by atoms with E-state index in [1.54, 1.807) is 42.5 Å². The van der Waals surface area contributed by atoms with Crippen LogP contribution in [0.5, 0.6) is 23.0 Å². The van der Waals surface area contributed by atoms with Gasteiger partial charge in [-0.05, 0) is 29.8 Å². The molecule has 0 saturated carbocycles. The highest BCUT2D eigenvalue weighted by atomic mass is 79.9. The van der Waals surface area contributed by atoms with Crippen molar-refractivity contribution in [1.82, 2.24) is 0 Å². The highest BCUT2D eigenvalue weighted by Crippen LogP contribution is 2.45.